The molecule has 0 bridgehead atoms. The van der Waals surface area contributed by atoms with Crippen LogP contribution in [-0.4, -0.2) is 53.5 Å². The maximum absolute atomic E-state index is 12.4. The van der Waals surface area contributed by atoms with Crippen molar-refractivity contribution < 1.29 is 28.7 Å². The molecule has 0 aromatic heterocycles. The second kappa shape index (κ2) is 10.7. The number of ketones is 1. The highest BCUT2D eigenvalue weighted by Crippen LogP contribution is 2.34. The molecule has 1 heterocycles. The van der Waals surface area contributed by atoms with E-state index < -0.39 is 23.2 Å². The summed E-state index contributed by atoms with van der Waals surface area (Å²) in [6.45, 7) is 9.59. The Balaban J connectivity index is 2.34. The van der Waals surface area contributed by atoms with Crippen LogP contribution in [0.4, 0.5) is 0 Å². The summed E-state index contributed by atoms with van der Waals surface area (Å²) in [4.78, 5) is 46.8. The quantitative estimate of drug-likeness (QED) is 0.334. The summed E-state index contributed by atoms with van der Waals surface area (Å²) in [5, 5.41) is 4.95. The van der Waals surface area contributed by atoms with Crippen LogP contribution in [0.2, 0.25) is 0 Å². The van der Waals surface area contributed by atoms with Crippen LogP contribution in [0.5, 0.6) is 0 Å². The Kier molecular flexibility index (Phi) is 9.32. The molecule has 8 nitrogen and oxygen atoms in total. The summed E-state index contributed by atoms with van der Waals surface area (Å²) in [5.41, 5.74) is -0.501. The van der Waals surface area contributed by atoms with Crippen LogP contribution >= 0.6 is 11.8 Å². The predicted octanol–water partition coefficient (Wildman–Crippen LogP) is 1.54. The van der Waals surface area contributed by atoms with Crippen molar-refractivity contribution in [3.63, 3.8) is 0 Å². The molecular formula is C19H30N2O6S. The highest BCUT2D eigenvalue weighted by molar-refractivity contribution is 8.13. The fraction of sp³-hybridized carbons (Fsp3) is 0.684. The molecule has 0 radical (unpaired) electrons. The number of carbonyl (C=O) groups is 4. The van der Waals surface area contributed by atoms with Gasteiger partial charge in [0.2, 0.25) is 5.91 Å². The van der Waals surface area contributed by atoms with Crippen molar-refractivity contribution in [2.45, 2.75) is 59.4 Å². The van der Waals surface area contributed by atoms with E-state index in [0.717, 1.165) is 11.8 Å². The van der Waals surface area contributed by atoms with E-state index in [4.69, 9.17) is 9.47 Å². The third kappa shape index (κ3) is 8.53. The molecule has 28 heavy (non-hydrogen) atoms. The van der Waals surface area contributed by atoms with Gasteiger partial charge in [-0.15, -0.1) is 0 Å². The zero-order chi connectivity index (χ0) is 21.4. The molecule has 0 aromatic carbocycles. The number of nitrogens with one attached hydrogen (secondary N) is 2. The highest BCUT2D eigenvalue weighted by atomic mass is 32.2. The second-order valence-corrected chi connectivity index (χ2v) is 8.75. The lowest BCUT2D eigenvalue weighted by molar-refractivity contribution is -0.303. The fourth-order valence-electron chi connectivity index (χ4n) is 2.33. The van der Waals surface area contributed by atoms with Crippen LogP contribution in [0.1, 0.15) is 47.5 Å². The Labute approximate surface area is 170 Å². The maximum Gasteiger partial charge on any atom is 0.253 e. The van der Waals surface area contributed by atoms with E-state index >= 15 is 0 Å². The van der Waals surface area contributed by atoms with Gasteiger partial charge in [-0.05, 0) is 13.8 Å². The number of carbonyl (C=O) groups excluding carboxylic acids is 4. The largest absolute Gasteiger partial charge is 0.352 e. The molecule has 158 valence electrons. The van der Waals surface area contributed by atoms with Gasteiger partial charge in [-0.1, -0.05) is 32.5 Å². The minimum Gasteiger partial charge on any atom is -0.352 e. The molecule has 0 aliphatic carbocycles. The van der Waals surface area contributed by atoms with Crippen LogP contribution in [0.25, 0.3) is 0 Å². The molecule has 0 unspecified atom stereocenters. The van der Waals surface area contributed by atoms with Gasteiger partial charge < -0.3 is 20.1 Å². The monoisotopic (exact) mass is 414 g/mol. The lowest BCUT2D eigenvalue weighted by Gasteiger charge is -2.44. The van der Waals surface area contributed by atoms with Gasteiger partial charge in [0, 0.05) is 36.4 Å². The highest BCUT2D eigenvalue weighted by Gasteiger charge is 2.45. The minimum atomic E-state index is -0.852. The second-order valence-electron chi connectivity index (χ2n) is 7.60. The Morgan fingerprint density at radius 2 is 1.86 bits per heavy atom. The zero-order valence-electron chi connectivity index (χ0n) is 17.1. The summed E-state index contributed by atoms with van der Waals surface area (Å²) >= 11 is 1.01. The normalized spacial score (nSPS) is 20.5. The van der Waals surface area contributed by atoms with E-state index in [1.54, 1.807) is 20.8 Å². The number of rotatable bonds is 9. The summed E-state index contributed by atoms with van der Waals surface area (Å²) in [5.74, 6) is -1.32. The van der Waals surface area contributed by atoms with Crippen LogP contribution in [-0.2, 0) is 28.7 Å². The number of amides is 2. The topological polar surface area (TPSA) is 111 Å². The van der Waals surface area contributed by atoms with Gasteiger partial charge in [0.15, 0.2) is 10.9 Å². The number of thioether (sulfide) groups is 1. The van der Waals surface area contributed by atoms with Crippen molar-refractivity contribution in [1.82, 2.24) is 10.6 Å². The van der Waals surface area contributed by atoms with E-state index in [0.29, 0.717) is 18.8 Å². The first-order valence-corrected chi connectivity index (χ1v) is 10.2. The number of hydrogen-bond donors (Lipinski definition) is 2. The smallest absolute Gasteiger partial charge is 0.253 e. The first-order chi connectivity index (χ1) is 13.0. The van der Waals surface area contributed by atoms with Crippen molar-refractivity contribution in [3.05, 3.63) is 12.3 Å². The summed E-state index contributed by atoms with van der Waals surface area (Å²) in [6, 6.07) is 0. The molecule has 1 fully saturated rings. The van der Waals surface area contributed by atoms with Crippen LogP contribution in [0.15, 0.2) is 12.3 Å². The van der Waals surface area contributed by atoms with E-state index in [1.807, 2.05) is 13.8 Å². The van der Waals surface area contributed by atoms with Crippen LogP contribution in [0.3, 0.4) is 0 Å². The zero-order valence-corrected chi connectivity index (χ0v) is 17.9. The SMILES string of the molecule is CCC(=O)CC(=O)SCCNC(=O)C=CNC(=O)[C@@H]1OC(C)(C)OCC1(C)C. The maximum atomic E-state index is 12.4. The molecule has 1 atom stereocenters. The molecule has 2 amide bonds. The molecular weight excluding hydrogens is 384 g/mol. The van der Waals surface area contributed by atoms with Crippen molar-refractivity contribution >= 4 is 34.5 Å². The predicted molar refractivity (Wildman–Crippen MR) is 106 cm³/mol. The first-order valence-electron chi connectivity index (χ1n) is 9.20. The summed E-state index contributed by atoms with van der Waals surface area (Å²) < 4.78 is 11.3. The average Bonchev–Trinajstić information content (AvgIpc) is 2.60. The van der Waals surface area contributed by atoms with Crippen molar-refractivity contribution in [2.24, 2.45) is 5.41 Å². The van der Waals surface area contributed by atoms with Crippen LogP contribution < -0.4 is 10.6 Å². The van der Waals surface area contributed by atoms with Gasteiger partial charge in [0.25, 0.3) is 5.91 Å². The third-order valence-corrected chi connectivity index (χ3v) is 4.88. The van der Waals surface area contributed by atoms with E-state index in [1.165, 1.54) is 12.3 Å². The Bertz CT molecular complexity index is 630. The van der Waals surface area contributed by atoms with Crippen molar-refractivity contribution in [1.29, 1.82) is 0 Å². The molecule has 9 heteroatoms. The van der Waals surface area contributed by atoms with Gasteiger partial charge in [-0.25, -0.2) is 0 Å². The fourth-order valence-corrected chi connectivity index (χ4v) is 3.03. The first kappa shape index (κ1) is 24.3. The van der Waals surface area contributed by atoms with Crippen molar-refractivity contribution in [2.75, 3.05) is 18.9 Å². The summed E-state index contributed by atoms with van der Waals surface area (Å²) in [7, 11) is 0. The summed E-state index contributed by atoms with van der Waals surface area (Å²) in [6.07, 6.45) is 2.01. The van der Waals surface area contributed by atoms with Gasteiger partial charge in [0.05, 0.1) is 13.0 Å². The Hall–Kier alpha value is -1.71. The standard InChI is InChI=1S/C19H30N2O6S/c1-6-13(22)11-15(24)28-10-9-20-14(23)7-8-21-17(25)16-18(2,3)12-26-19(4,5)27-16/h7-8,16H,6,9-12H2,1-5H3,(H,20,23)(H,21,25)/t16-/m0/s1. The molecule has 1 saturated heterocycles. The number of ether oxygens (including phenoxy) is 2. The molecule has 1 aliphatic rings. The minimum absolute atomic E-state index is 0.0809. The molecule has 1 aliphatic heterocycles. The van der Waals surface area contributed by atoms with Gasteiger partial charge >= 0.3 is 0 Å². The molecule has 2 N–H and O–H groups in total. The van der Waals surface area contributed by atoms with E-state index in [-0.39, 0.29) is 29.8 Å². The van der Waals surface area contributed by atoms with E-state index in [2.05, 4.69) is 10.6 Å². The molecule has 0 saturated carbocycles. The lowest BCUT2D eigenvalue weighted by Crippen LogP contribution is -2.55. The number of Topliss-reactive ketones (excluding diaryl/α,β-unsaturated/α-hetero) is 1. The third-order valence-electron chi connectivity index (χ3n) is 4.00. The average molecular weight is 415 g/mol. The Morgan fingerprint density at radius 3 is 2.50 bits per heavy atom. The lowest BCUT2D eigenvalue weighted by atomic mass is 9.85. The van der Waals surface area contributed by atoms with Crippen molar-refractivity contribution in [3.8, 4) is 0 Å². The Morgan fingerprint density at radius 1 is 1.18 bits per heavy atom. The van der Waals surface area contributed by atoms with Gasteiger partial charge in [0.1, 0.15) is 11.9 Å². The molecule has 0 spiro atoms. The van der Waals surface area contributed by atoms with Gasteiger partial charge in [-0.2, -0.15) is 0 Å². The molecule has 1 rings (SSSR count). The van der Waals surface area contributed by atoms with E-state index in [9.17, 15) is 19.2 Å². The van der Waals surface area contributed by atoms with Crippen LogP contribution in [0, 0.1) is 5.41 Å². The van der Waals surface area contributed by atoms with Gasteiger partial charge in [-0.3, -0.25) is 19.2 Å². The number of hydrogen-bond acceptors (Lipinski definition) is 7. The molecule has 0 aromatic rings.